The van der Waals surface area contributed by atoms with Crippen LogP contribution >= 0.6 is 0 Å². The van der Waals surface area contributed by atoms with Crippen molar-refractivity contribution in [2.45, 2.75) is 19.9 Å². The maximum Gasteiger partial charge on any atom is 0.161 e. The molecule has 0 aromatic heterocycles. The van der Waals surface area contributed by atoms with Crippen LogP contribution in [0, 0.1) is 0 Å². The first-order chi connectivity index (χ1) is 9.52. The number of nitrogens with one attached hydrogen (secondary N) is 1. The van der Waals surface area contributed by atoms with Crippen molar-refractivity contribution < 1.29 is 17.9 Å². The molecule has 0 aliphatic carbocycles. The summed E-state index contributed by atoms with van der Waals surface area (Å²) in [7, 11) is 0.342. The van der Waals surface area contributed by atoms with Gasteiger partial charge in [-0.15, -0.1) is 0 Å². The third-order valence-electron chi connectivity index (χ3n) is 3.03. The average Bonchev–Trinajstić information content (AvgIpc) is 2.46. The second-order valence-corrected chi connectivity index (χ2v) is 6.93. The van der Waals surface area contributed by atoms with Gasteiger partial charge in [-0.2, -0.15) is 0 Å². The normalized spacial score (nSPS) is 11.3. The molecule has 0 aliphatic heterocycles. The zero-order valence-electron chi connectivity index (χ0n) is 12.3. The van der Waals surface area contributed by atoms with E-state index in [1.807, 2.05) is 18.2 Å². The van der Waals surface area contributed by atoms with Crippen LogP contribution < -0.4 is 14.8 Å². The van der Waals surface area contributed by atoms with Crippen molar-refractivity contribution in [2.24, 2.45) is 0 Å². The summed E-state index contributed by atoms with van der Waals surface area (Å²) < 4.78 is 33.1. The Morgan fingerprint density at radius 2 is 1.85 bits per heavy atom. The van der Waals surface area contributed by atoms with E-state index in [1.54, 1.807) is 21.1 Å². The van der Waals surface area contributed by atoms with Crippen molar-refractivity contribution in [1.29, 1.82) is 0 Å². The number of rotatable bonds is 9. The summed E-state index contributed by atoms with van der Waals surface area (Å²) in [5.41, 5.74) is 1.07. The van der Waals surface area contributed by atoms with Crippen LogP contribution in [0.1, 0.15) is 18.9 Å². The van der Waals surface area contributed by atoms with Gasteiger partial charge in [-0.05, 0) is 30.7 Å². The first-order valence-corrected chi connectivity index (χ1v) is 8.46. The van der Waals surface area contributed by atoms with E-state index in [9.17, 15) is 8.42 Å². The first-order valence-electron chi connectivity index (χ1n) is 6.64. The van der Waals surface area contributed by atoms with Gasteiger partial charge in [0, 0.05) is 12.3 Å². The molecule has 1 aromatic carbocycles. The highest BCUT2D eigenvalue weighted by Crippen LogP contribution is 2.27. The van der Waals surface area contributed by atoms with Crippen LogP contribution in [0.5, 0.6) is 11.5 Å². The zero-order chi connectivity index (χ0) is 15.0. The maximum absolute atomic E-state index is 11.3. The molecule has 0 spiro atoms. The highest BCUT2D eigenvalue weighted by Gasteiger charge is 2.07. The number of methoxy groups -OCH3 is 2. The van der Waals surface area contributed by atoms with Crippen molar-refractivity contribution in [3.63, 3.8) is 0 Å². The van der Waals surface area contributed by atoms with Gasteiger partial charge >= 0.3 is 0 Å². The molecule has 0 heterocycles. The lowest BCUT2D eigenvalue weighted by Gasteiger charge is -2.10. The molecule has 1 aromatic rings. The average molecular weight is 301 g/mol. The molecule has 0 saturated carbocycles. The topological polar surface area (TPSA) is 64.6 Å². The summed E-state index contributed by atoms with van der Waals surface area (Å²) in [5.74, 6) is 1.84. The summed E-state index contributed by atoms with van der Waals surface area (Å²) >= 11 is 0. The molecule has 0 amide bonds. The number of hydrogen-bond acceptors (Lipinski definition) is 5. The molecular weight excluding hydrogens is 278 g/mol. The van der Waals surface area contributed by atoms with Gasteiger partial charge in [0.2, 0.25) is 0 Å². The van der Waals surface area contributed by atoms with E-state index in [0.29, 0.717) is 31.0 Å². The second kappa shape index (κ2) is 8.11. The molecule has 0 fully saturated rings. The van der Waals surface area contributed by atoms with Crippen molar-refractivity contribution in [3.05, 3.63) is 23.8 Å². The maximum atomic E-state index is 11.3. The van der Waals surface area contributed by atoms with Crippen molar-refractivity contribution in [3.8, 4) is 11.5 Å². The SMILES string of the molecule is CCS(=O)(=O)CCCNCc1ccc(OC)c(OC)c1. The van der Waals surface area contributed by atoms with E-state index in [1.165, 1.54) is 0 Å². The summed E-state index contributed by atoms with van der Waals surface area (Å²) in [5, 5.41) is 3.23. The standard InChI is InChI=1S/C14H23NO4S/c1-4-20(16,17)9-5-8-15-11-12-6-7-13(18-2)14(10-12)19-3/h6-7,10,15H,4-5,8-9,11H2,1-3H3. The molecule has 1 rings (SSSR count). The molecule has 114 valence electrons. The molecular formula is C14H23NO4S. The van der Waals surface area contributed by atoms with Crippen LogP contribution in [-0.4, -0.2) is 40.7 Å². The van der Waals surface area contributed by atoms with E-state index in [0.717, 1.165) is 5.56 Å². The van der Waals surface area contributed by atoms with Crippen LogP contribution in [-0.2, 0) is 16.4 Å². The van der Waals surface area contributed by atoms with Gasteiger partial charge in [-0.25, -0.2) is 8.42 Å². The van der Waals surface area contributed by atoms with E-state index >= 15 is 0 Å². The van der Waals surface area contributed by atoms with E-state index in [2.05, 4.69) is 5.32 Å². The molecule has 1 N–H and O–H groups in total. The van der Waals surface area contributed by atoms with Crippen molar-refractivity contribution >= 4 is 9.84 Å². The molecule has 0 bridgehead atoms. The fraction of sp³-hybridized carbons (Fsp3) is 0.571. The summed E-state index contributed by atoms with van der Waals surface area (Å²) in [6.45, 7) is 3.02. The molecule has 0 radical (unpaired) electrons. The number of benzene rings is 1. The number of sulfone groups is 1. The Labute approximate surface area is 121 Å². The van der Waals surface area contributed by atoms with Gasteiger partial charge in [-0.3, -0.25) is 0 Å². The van der Waals surface area contributed by atoms with E-state index in [4.69, 9.17) is 9.47 Å². The minimum Gasteiger partial charge on any atom is -0.493 e. The van der Waals surface area contributed by atoms with Crippen LogP contribution in [0.15, 0.2) is 18.2 Å². The molecule has 0 saturated heterocycles. The number of ether oxygens (including phenoxy) is 2. The zero-order valence-corrected chi connectivity index (χ0v) is 13.1. The van der Waals surface area contributed by atoms with Gasteiger partial charge in [0.15, 0.2) is 11.5 Å². The Balaban J connectivity index is 2.39. The molecule has 5 nitrogen and oxygen atoms in total. The Morgan fingerprint density at radius 1 is 1.15 bits per heavy atom. The fourth-order valence-corrected chi connectivity index (χ4v) is 2.66. The highest BCUT2D eigenvalue weighted by atomic mass is 32.2. The summed E-state index contributed by atoms with van der Waals surface area (Å²) in [4.78, 5) is 0. The largest absolute Gasteiger partial charge is 0.493 e. The van der Waals surface area contributed by atoms with Crippen LogP contribution in [0.25, 0.3) is 0 Å². The minimum atomic E-state index is -2.86. The molecule has 20 heavy (non-hydrogen) atoms. The smallest absolute Gasteiger partial charge is 0.161 e. The van der Waals surface area contributed by atoms with Crippen LogP contribution in [0.3, 0.4) is 0 Å². The Bertz CT molecular complexity index is 514. The van der Waals surface area contributed by atoms with Crippen LogP contribution in [0.4, 0.5) is 0 Å². The van der Waals surface area contributed by atoms with Gasteiger partial charge in [0.25, 0.3) is 0 Å². The lowest BCUT2D eigenvalue weighted by atomic mass is 10.2. The predicted molar refractivity (Wildman–Crippen MR) is 80.2 cm³/mol. The fourth-order valence-electron chi connectivity index (χ4n) is 1.78. The lowest BCUT2D eigenvalue weighted by Crippen LogP contribution is -2.19. The Hall–Kier alpha value is -1.27. The third kappa shape index (κ3) is 5.38. The van der Waals surface area contributed by atoms with Crippen molar-refractivity contribution in [2.75, 3.05) is 32.3 Å². The highest BCUT2D eigenvalue weighted by molar-refractivity contribution is 7.91. The van der Waals surface area contributed by atoms with Gasteiger partial charge in [0.05, 0.1) is 20.0 Å². The number of hydrogen-bond donors (Lipinski definition) is 1. The lowest BCUT2D eigenvalue weighted by molar-refractivity contribution is 0.354. The first kappa shape index (κ1) is 16.8. The van der Waals surface area contributed by atoms with E-state index in [-0.39, 0.29) is 11.5 Å². The monoisotopic (exact) mass is 301 g/mol. The minimum absolute atomic E-state index is 0.211. The molecule has 6 heteroatoms. The summed E-state index contributed by atoms with van der Waals surface area (Å²) in [6, 6.07) is 5.73. The Kier molecular flexibility index (Phi) is 6.81. The van der Waals surface area contributed by atoms with Gasteiger partial charge in [0.1, 0.15) is 9.84 Å². The molecule has 0 unspecified atom stereocenters. The van der Waals surface area contributed by atoms with Crippen molar-refractivity contribution in [1.82, 2.24) is 5.32 Å². The Morgan fingerprint density at radius 3 is 2.45 bits per heavy atom. The van der Waals surface area contributed by atoms with Crippen LogP contribution in [0.2, 0.25) is 0 Å². The second-order valence-electron chi connectivity index (χ2n) is 4.46. The predicted octanol–water partition coefficient (Wildman–Crippen LogP) is 1.62. The van der Waals surface area contributed by atoms with E-state index < -0.39 is 9.84 Å². The summed E-state index contributed by atoms with van der Waals surface area (Å²) in [6.07, 6.45) is 0.628. The molecule has 0 aliphatic rings. The third-order valence-corrected chi connectivity index (χ3v) is 4.82. The molecule has 0 atom stereocenters. The van der Waals surface area contributed by atoms with Gasteiger partial charge in [-0.1, -0.05) is 13.0 Å². The quantitative estimate of drug-likeness (QED) is 0.702. The van der Waals surface area contributed by atoms with Gasteiger partial charge < -0.3 is 14.8 Å².